The molecule has 0 saturated heterocycles. The zero-order valence-corrected chi connectivity index (χ0v) is 11.6. The molecule has 2 aromatic rings. The monoisotopic (exact) mass is 304 g/mol. The van der Waals surface area contributed by atoms with Crippen molar-refractivity contribution in [2.75, 3.05) is 0 Å². The summed E-state index contributed by atoms with van der Waals surface area (Å²) in [5.41, 5.74) is 10.7. The maximum Gasteiger partial charge on any atom is 0.248 e. The van der Waals surface area contributed by atoms with Crippen LogP contribution in [-0.4, -0.2) is 20.2 Å². The van der Waals surface area contributed by atoms with Gasteiger partial charge in [-0.2, -0.15) is 0 Å². The van der Waals surface area contributed by atoms with Gasteiger partial charge in [-0.25, -0.2) is 8.42 Å². The average molecular weight is 304 g/mol. The molecule has 0 fully saturated rings. The SMILES string of the molecule is NC(=O)c1ccc(C(N)=O)cc1.O=S1(=O)c2ccccc21. The number of hydrogen-bond acceptors (Lipinski definition) is 4. The van der Waals surface area contributed by atoms with E-state index in [-0.39, 0.29) is 0 Å². The highest BCUT2D eigenvalue weighted by atomic mass is 32.2. The molecule has 2 aromatic carbocycles. The van der Waals surface area contributed by atoms with E-state index in [9.17, 15) is 18.0 Å². The second kappa shape index (κ2) is 5.37. The number of amides is 2. The third-order valence-corrected chi connectivity index (χ3v) is 4.51. The van der Waals surface area contributed by atoms with E-state index >= 15 is 0 Å². The van der Waals surface area contributed by atoms with Crippen molar-refractivity contribution in [3.8, 4) is 0 Å². The van der Waals surface area contributed by atoms with Gasteiger partial charge >= 0.3 is 0 Å². The lowest BCUT2D eigenvalue weighted by molar-refractivity contribution is 0.0988. The Morgan fingerprint density at radius 3 is 1.29 bits per heavy atom. The summed E-state index contributed by atoms with van der Waals surface area (Å²) in [6.07, 6.45) is 0. The maximum atomic E-state index is 10.7. The van der Waals surface area contributed by atoms with Crippen molar-refractivity contribution < 1.29 is 18.0 Å². The second-order valence-electron chi connectivity index (χ2n) is 4.26. The van der Waals surface area contributed by atoms with Crippen LogP contribution in [0.25, 0.3) is 0 Å². The third kappa shape index (κ3) is 3.09. The zero-order chi connectivity index (χ0) is 15.6. The first-order valence-corrected chi connectivity index (χ1v) is 7.36. The molecule has 0 radical (unpaired) electrons. The molecule has 108 valence electrons. The van der Waals surface area contributed by atoms with Crippen LogP contribution in [0, 0.1) is 0 Å². The van der Waals surface area contributed by atoms with Crippen molar-refractivity contribution in [2.24, 2.45) is 11.5 Å². The molecule has 2 amide bonds. The van der Waals surface area contributed by atoms with E-state index in [0.29, 0.717) is 20.9 Å². The lowest BCUT2D eigenvalue weighted by Crippen LogP contribution is -2.13. The van der Waals surface area contributed by atoms with Gasteiger partial charge in [-0.1, -0.05) is 12.1 Å². The van der Waals surface area contributed by atoms with Gasteiger partial charge in [0.15, 0.2) is 0 Å². The molecule has 0 aromatic heterocycles. The van der Waals surface area contributed by atoms with Gasteiger partial charge in [-0.15, -0.1) is 0 Å². The van der Waals surface area contributed by atoms with Gasteiger partial charge in [0.2, 0.25) is 21.7 Å². The minimum Gasteiger partial charge on any atom is -0.366 e. The maximum absolute atomic E-state index is 10.7. The number of carbonyl (C=O) groups excluding carboxylic acids is 2. The number of carbonyl (C=O) groups is 2. The van der Waals surface area contributed by atoms with E-state index in [1.54, 1.807) is 24.3 Å². The number of rotatable bonds is 2. The summed E-state index contributed by atoms with van der Waals surface area (Å²) in [6, 6.07) is 12.5. The number of primary amides is 2. The summed E-state index contributed by atoms with van der Waals surface area (Å²) in [5, 5.41) is 0. The first-order chi connectivity index (χ1) is 9.84. The molecule has 0 spiro atoms. The van der Waals surface area contributed by atoms with Crippen LogP contribution in [0.5, 0.6) is 0 Å². The normalized spacial score (nSPS) is 13.3. The highest BCUT2D eigenvalue weighted by Crippen LogP contribution is 2.38. The van der Waals surface area contributed by atoms with Crippen molar-refractivity contribution in [1.82, 2.24) is 0 Å². The van der Waals surface area contributed by atoms with Crippen molar-refractivity contribution in [2.45, 2.75) is 9.79 Å². The minimum absolute atomic E-state index is 0.361. The van der Waals surface area contributed by atoms with Crippen molar-refractivity contribution in [3.05, 3.63) is 59.7 Å². The molecule has 0 saturated carbocycles. The van der Waals surface area contributed by atoms with E-state index in [1.165, 1.54) is 24.3 Å². The largest absolute Gasteiger partial charge is 0.366 e. The Morgan fingerprint density at radius 2 is 1.05 bits per heavy atom. The first kappa shape index (κ1) is 14.7. The molecule has 1 aliphatic heterocycles. The molecule has 0 unspecified atom stereocenters. The summed E-state index contributed by atoms with van der Waals surface area (Å²) in [6.45, 7) is 0. The quantitative estimate of drug-likeness (QED) is 0.677. The van der Waals surface area contributed by atoms with E-state index in [4.69, 9.17) is 11.5 Å². The Balaban J connectivity index is 0.000000159. The molecule has 7 heteroatoms. The fourth-order valence-corrected chi connectivity index (χ4v) is 2.95. The Labute approximate surface area is 121 Å². The third-order valence-electron chi connectivity index (χ3n) is 2.84. The molecular weight excluding hydrogens is 292 g/mol. The van der Waals surface area contributed by atoms with E-state index in [2.05, 4.69) is 0 Å². The molecule has 21 heavy (non-hydrogen) atoms. The van der Waals surface area contributed by atoms with Crippen molar-refractivity contribution >= 4 is 21.7 Å². The predicted molar refractivity (Wildman–Crippen MR) is 75.4 cm³/mol. The van der Waals surface area contributed by atoms with Gasteiger partial charge < -0.3 is 11.5 Å². The van der Waals surface area contributed by atoms with Gasteiger partial charge in [0, 0.05) is 11.1 Å². The summed E-state index contributed by atoms with van der Waals surface area (Å²) in [5.74, 6) is -1.04. The Morgan fingerprint density at radius 1 is 0.714 bits per heavy atom. The Bertz CT molecular complexity index is 749. The molecule has 1 aliphatic rings. The lowest BCUT2D eigenvalue weighted by atomic mass is 10.1. The lowest BCUT2D eigenvalue weighted by Gasteiger charge is -1.96. The van der Waals surface area contributed by atoms with Crippen molar-refractivity contribution in [1.29, 1.82) is 0 Å². The topological polar surface area (TPSA) is 120 Å². The average Bonchev–Trinajstić information content (AvgIpc) is 3.03. The van der Waals surface area contributed by atoms with Gasteiger partial charge in [-0.05, 0) is 36.4 Å². The molecule has 1 heterocycles. The number of benzene rings is 2. The van der Waals surface area contributed by atoms with Crippen LogP contribution in [0.3, 0.4) is 0 Å². The zero-order valence-electron chi connectivity index (χ0n) is 10.8. The van der Waals surface area contributed by atoms with Crippen LogP contribution >= 0.6 is 0 Å². The number of nitrogens with two attached hydrogens (primary N) is 2. The molecule has 3 rings (SSSR count). The number of sulfone groups is 1. The first-order valence-electron chi connectivity index (χ1n) is 5.88. The molecule has 4 N–H and O–H groups in total. The van der Waals surface area contributed by atoms with Crippen LogP contribution in [-0.2, 0) is 9.84 Å². The number of fused-ring (bicyclic) bond motifs is 1. The summed E-state index contributed by atoms with van der Waals surface area (Å²) >= 11 is 0. The Kier molecular flexibility index (Phi) is 3.77. The van der Waals surface area contributed by atoms with E-state index in [1.807, 2.05) is 0 Å². The van der Waals surface area contributed by atoms with Gasteiger partial charge in [0.25, 0.3) is 0 Å². The van der Waals surface area contributed by atoms with E-state index in [0.717, 1.165) is 0 Å². The van der Waals surface area contributed by atoms with E-state index < -0.39 is 21.7 Å². The summed E-state index contributed by atoms with van der Waals surface area (Å²) < 4.78 is 21.5. The van der Waals surface area contributed by atoms with Crippen molar-refractivity contribution in [3.63, 3.8) is 0 Å². The second-order valence-corrected chi connectivity index (χ2v) is 6.14. The van der Waals surface area contributed by atoms with Crippen LogP contribution in [0.4, 0.5) is 0 Å². The summed E-state index contributed by atoms with van der Waals surface area (Å²) in [4.78, 5) is 22.2. The van der Waals surface area contributed by atoms with Crippen LogP contribution in [0.15, 0.2) is 58.3 Å². The van der Waals surface area contributed by atoms with Crippen LogP contribution in [0.1, 0.15) is 20.7 Å². The molecule has 6 nitrogen and oxygen atoms in total. The standard InChI is InChI=1S/C8H8N2O2.C6H4O2S/c9-7(11)5-1-2-6(4-3-5)8(10)12;7-9(8)5-3-1-2-4-6(5)9/h1-4H,(H2,9,11)(H2,10,12);1-4H. The van der Waals surface area contributed by atoms with Crippen LogP contribution in [0.2, 0.25) is 0 Å². The minimum atomic E-state index is -2.88. The van der Waals surface area contributed by atoms with Gasteiger partial charge in [0.05, 0.1) is 9.79 Å². The Hall–Kier alpha value is -2.67. The summed E-state index contributed by atoms with van der Waals surface area (Å²) in [7, 11) is -2.88. The fourth-order valence-electron chi connectivity index (χ4n) is 1.65. The van der Waals surface area contributed by atoms with Gasteiger partial charge in [0.1, 0.15) is 0 Å². The van der Waals surface area contributed by atoms with Crippen LogP contribution < -0.4 is 11.5 Å². The highest BCUT2D eigenvalue weighted by molar-refractivity contribution is 7.97. The molecule has 0 aliphatic carbocycles. The fraction of sp³-hybridized carbons (Fsp3) is 0. The molecule has 0 bridgehead atoms. The highest BCUT2D eigenvalue weighted by Gasteiger charge is 2.37. The predicted octanol–water partition coefficient (Wildman–Crippen LogP) is 0.717. The smallest absolute Gasteiger partial charge is 0.248 e. The van der Waals surface area contributed by atoms with Gasteiger partial charge in [-0.3, -0.25) is 9.59 Å². The molecule has 0 atom stereocenters. The molecular formula is C14H12N2O4S. The number of hydrogen-bond donors (Lipinski definition) is 2.